The lowest BCUT2D eigenvalue weighted by molar-refractivity contribution is -0.135. The highest BCUT2D eigenvalue weighted by Crippen LogP contribution is 2.21. The van der Waals surface area contributed by atoms with Gasteiger partial charge in [-0.05, 0) is 55.3 Å². The Morgan fingerprint density at radius 1 is 0.724 bits per heavy atom. The zero-order chi connectivity index (χ0) is 42.4. The predicted octanol–water partition coefficient (Wildman–Crippen LogP) is 0.351. The Kier molecular flexibility index (Phi) is 16.1. The Labute approximate surface area is 337 Å². The number of aromatic nitrogens is 3. The smallest absolute Gasteiger partial charge is 0.243 e. The molecule has 0 aliphatic heterocycles. The number of carbonyl (C=O) groups excluding carboxylic acids is 6. The van der Waals surface area contributed by atoms with Gasteiger partial charge in [0.2, 0.25) is 35.4 Å². The molecule has 17 heteroatoms. The standard InChI is InChI=1S/C41H57N11O6/c1-24(48-40(58)34(41(2,3)4)52-37(55)29(43)20-27-22-45-23-47-27)36(54)50-33(19-26-21-46-30-15-9-8-14-28(26)30)39(57)51-32(18-25-12-6-5-7-13-25)38(56)49-31(35(44)53)16-10-11-17-42/h5-9,12-15,21-24,29,31-34,46H,10-11,16-20,42-43H2,1-4H3,(H2,44,53)(H,45,47)(H,48,58)(H,49,56)(H,50,54)(H,51,57)(H,52,55)/t24-,29-,31-,32+,33-,34-/m0/s1. The van der Waals surface area contributed by atoms with Crippen LogP contribution >= 0.6 is 0 Å². The molecule has 0 bridgehead atoms. The number of primary amides is 1. The fraction of sp³-hybridized carbons (Fsp3) is 0.439. The van der Waals surface area contributed by atoms with E-state index in [2.05, 4.69) is 41.5 Å². The second-order valence-corrected chi connectivity index (χ2v) is 15.5. The van der Waals surface area contributed by atoms with Crippen molar-refractivity contribution in [1.82, 2.24) is 41.5 Å². The van der Waals surface area contributed by atoms with Gasteiger partial charge >= 0.3 is 0 Å². The quantitative estimate of drug-likeness (QED) is 0.0520. The van der Waals surface area contributed by atoms with Gasteiger partial charge in [0, 0.05) is 48.3 Å². The number of para-hydroxylation sites is 1. The third-order valence-electron chi connectivity index (χ3n) is 9.75. The van der Waals surface area contributed by atoms with Crippen LogP contribution in [0.1, 0.15) is 63.8 Å². The molecular weight excluding hydrogens is 743 g/mol. The first kappa shape index (κ1) is 44.6. The van der Waals surface area contributed by atoms with E-state index in [1.807, 2.05) is 30.3 Å². The number of hydrogen-bond donors (Lipinski definition) is 10. The summed E-state index contributed by atoms with van der Waals surface area (Å²) in [5, 5.41) is 14.5. The summed E-state index contributed by atoms with van der Waals surface area (Å²) in [6, 6.07) is 9.87. The van der Waals surface area contributed by atoms with Crippen molar-refractivity contribution in [2.24, 2.45) is 22.6 Å². The van der Waals surface area contributed by atoms with E-state index in [-0.39, 0.29) is 25.7 Å². The van der Waals surface area contributed by atoms with Gasteiger partial charge in [0.25, 0.3) is 0 Å². The second kappa shape index (κ2) is 20.9. The first-order valence-corrected chi connectivity index (χ1v) is 19.4. The molecule has 4 aromatic rings. The lowest BCUT2D eigenvalue weighted by Crippen LogP contribution is -2.61. The Morgan fingerprint density at radius 3 is 2.00 bits per heavy atom. The molecule has 6 atom stereocenters. The number of unbranched alkanes of at least 4 members (excludes halogenated alkanes) is 1. The van der Waals surface area contributed by atoms with Crippen molar-refractivity contribution < 1.29 is 28.8 Å². The van der Waals surface area contributed by atoms with Crippen molar-refractivity contribution in [3.05, 3.63) is 90.1 Å². The van der Waals surface area contributed by atoms with Gasteiger partial charge in [-0.3, -0.25) is 28.8 Å². The Hall–Kier alpha value is -6.07. The van der Waals surface area contributed by atoms with Crippen LogP contribution in [0.25, 0.3) is 10.9 Å². The summed E-state index contributed by atoms with van der Waals surface area (Å²) in [4.78, 5) is 91.0. The van der Waals surface area contributed by atoms with Crippen LogP contribution in [-0.2, 0) is 48.0 Å². The summed E-state index contributed by atoms with van der Waals surface area (Å²) in [7, 11) is 0. The number of amides is 6. The van der Waals surface area contributed by atoms with Crippen LogP contribution in [0.15, 0.2) is 73.3 Å². The second-order valence-electron chi connectivity index (χ2n) is 15.5. The molecule has 0 unspecified atom stereocenters. The third-order valence-corrected chi connectivity index (χ3v) is 9.75. The largest absolute Gasteiger partial charge is 0.368 e. The number of aromatic amines is 2. The molecule has 2 heterocycles. The summed E-state index contributed by atoms with van der Waals surface area (Å²) in [5.41, 5.74) is 19.5. The number of hydrogen-bond acceptors (Lipinski definition) is 9. The summed E-state index contributed by atoms with van der Waals surface area (Å²) < 4.78 is 0. The van der Waals surface area contributed by atoms with Crippen molar-refractivity contribution >= 4 is 46.3 Å². The number of H-pyrrole nitrogens is 2. The third kappa shape index (κ3) is 13.0. The van der Waals surface area contributed by atoms with E-state index in [1.54, 1.807) is 57.4 Å². The molecule has 312 valence electrons. The van der Waals surface area contributed by atoms with Gasteiger partial charge in [-0.25, -0.2) is 4.98 Å². The topological polar surface area (TPSA) is 285 Å². The predicted molar refractivity (Wildman–Crippen MR) is 219 cm³/mol. The fourth-order valence-corrected chi connectivity index (χ4v) is 6.42. The molecule has 2 aromatic carbocycles. The van der Waals surface area contributed by atoms with E-state index in [9.17, 15) is 28.8 Å². The molecule has 0 fully saturated rings. The van der Waals surface area contributed by atoms with Gasteiger partial charge in [0.1, 0.15) is 30.2 Å². The normalized spacial score (nSPS) is 14.6. The van der Waals surface area contributed by atoms with Gasteiger partial charge in [0.15, 0.2) is 0 Å². The van der Waals surface area contributed by atoms with Crippen molar-refractivity contribution in [2.45, 2.75) is 102 Å². The number of carbonyl (C=O) groups is 6. The fourth-order valence-electron chi connectivity index (χ4n) is 6.42. The summed E-state index contributed by atoms with van der Waals surface area (Å²) in [6.07, 6.45) is 6.46. The lowest BCUT2D eigenvalue weighted by atomic mass is 9.85. The lowest BCUT2D eigenvalue weighted by Gasteiger charge is -2.32. The number of rotatable bonds is 21. The van der Waals surface area contributed by atoms with Crippen LogP contribution < -0.4 is 43.8 Å². The molecule has 0 aliphatic carbocycles. The van der Waals surface area contributed by atoms with Crippen molar-refractivity contribution in [3.63, 3.8) is 0 Å². The van der Waals surface area contributed by atoms with E-state index in [1.165, 1.54) is 13.3 Å². The maximum Gasteiger partial charge on any atom is 0.243 e. The van der Waals surface area contributed by atoms with Crippen LogP contribution in [-0.4, -0.2) is 93.2 Å². The minimum Gasteiger partial charge on any atom is -0.368 e. The van der Waals surface area contributed by atoms with Crippen LogP contribution in [0.2, 0.25) is 0 Å². The molecule has 0 spiro atoms. The monoisotopic (exact) mass is 799 g/mol. The minimum atomic E-state index is -1.23. The van der Waals surface area contributed by atoms with E-state index in [0.29, 0.717) is 30.6 Å². The molecule has 17 nitrogen and oxygen atoms in total. The molecule has 0 saturated carbocycles. The maximum atomic E-state index is 14.3. The molecule has 0 saturated heterocycles. The molecule has 0 radical (unpaired) electrons. The zero-order valence-electron chi connectivity index (χ0n) is 33.5. The zero-order valence-corrected chi connectivity index (χ0v) is 33.5. The van der Waals surface area contributed by atoms with Gasteiger partial charge in [0.05, 0.1) is 12.4 Å². The van der Waals surface area contributed by atoms with Crippen molar-refractivity contribution in [1.29, 1.82) is 0 Å². The van der Waals surface area contributed by atoms with E-state index >= 15 is 0 Å². The Bertz CT molecular complexity index is 1990. The molecular formula is C41H57N11O6. The molecule has 58 heavy (non-hydrogen) atoms. The number of nitrogens with one attached hydrogen (secondary N) is 7. The van der Waals surface area contributed by atoms with Crippen LogP contribution in [0.3, 0.4) is 0 Å². The average Bonchev–Trinajstić information content (AvgIpc) is 3.85. The molecule has 4 rings (SSSR count). The molecule has 13 N–H and O–H groups in total. The molecule has 2 aromatic heterocycles. The highest BCUT2D eigenvalue weighted by Gasteiger charge is 2.36. The van der Waals surface area contributed by atoms with Gasteiger partial charge in [-0.15, -0.1) is 0 Å². The van der Waals surface area contributed by atoms with E-state index in [0.717, 1.165) is 16.5 Å². The average molecular weight is 800 g/mol. The molecule has 6 amide bonds. The van der Waals surface area contributed by atoms with Crippen LogP contribution in [0.5, 0.6) is 0 Å². The van der Waals surface area contributed by atoms with Gasteiger partial charge in [-0.2, -0.15) is 0 Å². The van der Waals surface area contributed by atoms with E-state index in [4.69, 9.17) is 17.2 Å². The van der Waals surface area contributed by atoms with E-state index < -0.39 is 77.1 Å². The highest BCUT2D eigenvalue weighted by molar-refractivity contribution is 5.97. The highest BCUT2D eigenvalue weighted by atomic mass is 16.2. The number of nitrogens with two attached hydrogens (primary N) is 3. The van der Waals surface area contributed by atoms with Crippen molar-refractivity contribution in [2.75, 3.05) is 6.54 Å². The number of fused-ring (bicyclic) bond motifs is 1. The Balaban J connectivity index is 1.55. The summed E-state index contributed by atoms with van der Waals surface area (Å²) in [6.45, 7) is 7.15. The van der Waals surface area contributed by atoms with Crippen LogP contribution in [0.4, 0.5) is 0 Å². The number of imidazole rings is 1. The van der Waals surface area contributed by atoms with Crippen LogP contribution in [0, 0.1) is 5.41 Å². The number of nitrogens with zero attached hydrogens (tertiary/aromatic N) is 1. The van der Waals surface area contributed by atoms with Gasteiger partial charge < -0.3 is 53.8 Å². The van der Waals surface area contributed by atoms with Crippen molar-refractivity contribution in [3.8, 4) is 0 Å². The minimum absolute atomic E-state index is 0.0137. The first-order valence-electron chi connectivity index (χ1n) is 19.4. The van der Waals surface area contributed by atoms with Gasteiger partial charge in [-0.1, -0.05) is 69.3 Å². The molecule has 0 aliphatic rings. The summed E-state index contributed by atoms with van der Waals surface area (Å²) in [5.74, 6) is -3.93. The Morgan fingerprint density at radius 2 is 1.36 bits per heavy atom. The number of benzene rings is 2. The summed E-state index contributed by atoms with van der Waals surface area (Å²) >= 11 is 0. The SMILES string of the molecule is C[C@H](NC(=O)[C@H](NC(=O)[C@@H](N)Cc1cnc[nH]1)C(C)(C)C)C(=O)N[C@@H](Cc1c[nH]c2ccccc12)C(=O)N[C@H](Cc1ccccc1)C(=O)N[C@@H](CCCCN)C(N)=O. The maximum absolute atomic E-state index is 14.3. The first-order chi connectivity index (χ1) is 27.6.